The third-order valence-corrected chi connectivity index (χ3v) is 4.32. The topological polar surface area (TPSA) is 73.7 Å². The molecule has 1 aliphatic carbocycles. The van der Waals surface area contributed by atoms with Gasteiger partial charge in [-0.25, -0.2) is 0 Å². The number of nitrogens with one attached hydrogen (secondary N) is 1. The number of benzene rings is 1. The lowest BCUT2D eigenvalue weighted by Crippen LogP contribution is -2.32. The highest BCUT2D eigenvalue weighted by Gasteiger charge is 2.37. The second kappa shape index (κ2) is 5.17. The Bertz CT molecular complexity index is 763. The molecule has 1 aromatic heterocycles. The van der Waals surface area contributed by atoms with E-state index in [-0.39, 0.29) is 17.5 Å². The maximum atomic E-state index is 12.7. The van der Waals surface area contributed by atoms with Crippen molar-refractivity contribution < 1.29 is 9.59 Å². The number of fused-ring (bicyclic) bond motifs is 1. The summed E-state index contributed by atoms with van der Waals surface area (Å²) in [4.78, 5) is 28.1. The van der Waals surface area contributed by atoms with Crippen molar-refractivity contribution in [1.82, 2.24) is 4.98 Å². The van der Waals surface area contributed by atoms with Gasteiger partial charge >= 0.3 is 0 Å². The molecule has 0 spiro atoms. The molecule has 1 unspecified atom stereocenters. The molecule has 1 saturated carbocycles. The minimum atomic E-state index is -1.17. The Morgan fingerprint density at radius 2 is 2.05 bits per heavy atom. The second-order valence-electron chi connectivity index (χ2n) is 5.63. The van der Waals surface area contributed by atoms with Gasteiger partial charge in [-0.05, 0) is 25.8 Å². The lowest BCUT2D eigenvalue weighted by atomic mass is 9.76. The molecule has 1 N–H and O–H groups in total. The summed E-state index contributed by atoms with van der Waals surface area (Å²) in [5.74, 6) is -1.86. The van der Waals surface area contributed by atoms with E-state index in [2.05, 4.69) is 4.98 Å². The van der Waals surface area contributed by atoms with E-state index in [0.717, 1.165) is 30.2 Å². The fourth-order valence-electron chi connectivity index (χ4n) is 2.92. The molecule has 0 amide bonds. The van der Waals surface area contributed by atoms with E-state index in [1.165, 1.54) is 0 Å². The van der Waals surface area contributed by atoms with Crippen LogP contribution in [0.3, 0.4) is 0 Å². The van der Waals surface area contributed by atoms with Crippen molar-refractivity contribution in [3.05, 3.63) is 35.5 Å². The number of aryl methyl sites for hydroxylation is 1. The van der Waals surface area contributed by atoms with Gasteiger partial charge in [0, 0.05) is 28.1 Å². The van der Waals surface area contributed by atoms with E-state index in [0.29, 0.717) is 11.3 Å². The number of hydrogen-bond acceptors (Lipinski definition) is 3. The monoisotopic (exact) mass is 280 g/mol. The molecule has 0 radical (unpaired) electrons. The van der Waals surface area contributed by atoms with Crippen molar-refractivity contribution in [1.29, 1.82) is 5.26 Å². The molecule has 0 aliphatic heterocycles. The molecule has 3 rings (SSSR count). The number of carbonyl (C=O) groups is 2. The predicted octanol–water partition coefficient (Wildman–Crippen LogP) is 3.17. The van der Waals surface area contributed by atoms with Crippen LogP contribution in [0.4, 0.5) is 0 Å². The van der Waals surface area contributed by atoms with Gasteiger partial charge in [0.15, 0.2) is 17.5 Å². The SMILES string of the molecule is Cc1[nH]c2ccccc2c1C(=O)C(C#N)C(=O)C1CCC1. The largest absolute Gasteiger partial charge is 0.358 e. The standard InChI is InChI=1S/C17H16N2O2/c1-10-15(12-7-2-3-8-14(12)19-10)17(21)13(9-18)16(20)11-5-4-6-11/h2-3,7-8,11,13,19H,4-6H2,1H3. The Balaban J connectivity index is 2.01. The number of nitrogens with zero attached hydrogens (tertiary/aromatic N) is 1. The first-order valence-corrected chi connectivity index (χ1v) is 7.18. The molecule has 4 heteroatoms. The van der Waals surface area contributed by atoms with Crippen LogP contribution in [0.1, 0.15) is 35.3 Å². The van der Waals surface area contributed by atoms with Gasteiger partial charge < -0.3 is 4.98 Å². The molecule has 106 valence electrons. The third-order valence-electron chi connectivity index (χ3n) is 4.32. The molecule has 1 aromatic carbocycles. The summed E-state index contributed by atoms with van der Waals surface area (Å²) in [6, 6.07) is 9.37. The van der Waals surface area contributed by atoms with Crippen molar-refractivity contribution >= 4 is 22.5 Å². The zero-order chi connectivity index (χ0) is 15.0. The van der Waals surface area contributed by atoms with E-state index in [9.17, 15) is 14.9 Å². The molecule has 1 heterocycles. The van der Waals surface area contributed by atoms with Crippen molar-refractivity contribution in [2.24, 2.45) is 11.8 Å². The summed E-state index contributed by atoms with van der Waals surface area (Å²) < 4.78 is 0. The summed E-state index contributed by atoms with van der Waals surface area (Å²) in [5, 5.41) is 10.1. The predicted molar refractivity (Wildman–Crippen MR) is 78.8 cm³/mol. The van der Waals surface area contributed by atoms with Gasteiger partial charge in [-0.15, -0.1) is 0 Å². The van der Waals surface area contributed by atoms with E-state index in [1.54, 1.807) is 6.92 Å². The van der Waals surface area contributed by atoms with Crippen molar-refractivity contribution in [2.75, 3.05) is 0 Å². The van der Waals surface area contributed by atoms with Gasteiger partial charge in [-0.3, -0.25) is 9.59 Å². The van der Waals surface area contributed by atoms with Crippen LogP contribution < -0.4 is 0 Å². The van der Waals surface area contributed by atoms with Crippen LogP contribution >= 0.6 is 0 Å². The summed E-state index contributed by atoms with van der Waals surface area (Å²) in [5.41, 5.74) is 2.04. The average Bonchev–Trinajstić information content (AvgIpc) is 2.73. The number of para-hydroxylation sites is 1. The highest BCUT2D eigenvalue weighted by molar-refractivity contribution is 6.19. The lowest BCUT2D eigenvalue weighted by molar-refractivity contribution is -0.126. The molecular formula is C17H16N2O2. The maximum absolute atomic E-state index is 12.7. The molecule has 2 aromatic rings. The van der Waals surface area contributed by atoms with Gasteiger partial charge in [0.25, 0.3) is 0 Å². The Morgan fingerprint density at radius 1 is 1.33 bits per heavy atom. The second-order valence-corrected chi connectivity index (χ2v) is 5.63. The van der Waals surface area contributed by atoms with Crippen LogP contribution in [0.25, 0.3) is 10.9 Å². The summed E-state index contributed by atoms with van der Waals surface area (Å²) in [6.07, 6.45) is 2.61. The molecule has 1 aliphatic rings. The van der Waals surface area contributed by atoms with Crippen molar-refractivity contribution in [2.45, 2.75) is 26.2 Å². The molecule has 1 atom stereocenters. The number of rotatable bonds is 4. The number of Topliss-reactive ketones (excluding diaryl/α,β-unsaturated/α-hetero) is 2. The highest BCUT2D eigenvalue weighted by Crippen LogP contribution is 2.32. The zero-order valence-corrected chi connectivity index (χ0v) is 11.8. The summed E-state index contributed by atoms with van der Waals surface area (Å²) in [7, 11) is 0. The Labute approximate surface area is 122 Å². The summed E-state index contributed by atoms with van der Waals surface area (Å²) >= 11 is 0. The van der Waals surface area contributed by atoms with Crippen molar-refractivity contribution in [3.63, 3.8) is 0 Å². The first kappa shape index (κ1) is 13.6. The Hall–Kier alpha value is -2.41. The van der Waals surface area contributed by atoms with E-state index >= 15 is 0 Å². The number of ketones is 2. The minimum absolute atomic E-state index is 0.107. The molecule has 4 nitrogen and oxygen atoms in total. The molecule has 21 heavy (non-hydrogen) atoms. The van der Waals surface area contributed by atoms with Crippen molar-refractivity contribution in [3.8, 4) is 6.07 Å². The third kappa shape index (κ3) is 2.15. The van der Waals surface area contributed by atoms with E-state index < -0.39 is 5.92 Å². The number of hydrogen-bond donors (Lipinski definition) is 1. The van der Waals surface area contributed by atoms with Crippen LogP contribution in [0.5, 0.6) is 0 Å². The number of carbonyl (C=O) groups excluding carboxylic acids is 2. The zero-order valence-electron chi connectivity index (χ0n) is 11.8. The normalized spacial score (nSPS) is 16.2. The van der Waals surface area contributed by atoms with Crippen LogP contribution in [-0.2, 0) is 4.79 Å². The van der Waals surface area contributed by atoms with Gasteiger partial charge in [0.1, 0.15) is 0 Å². The van der Waals surface area contributed by atoms with Crippen LogP contribution in [0, 0.1) is 30.1 Å². The van der Waals surface area contributed by atoms with Gasteiger partial charge in [-0.1, -0.05) is 24.6 Å². The molecular weight excluding hydrogens is 264 g/mol. The fourth-order valence-corrected chi connectivity index (χ4v) is 2.92. The molecule has 0 bridgehead atoms. The van der Waals surface area contributed by atoms with Gasteiger partial charge in [0.05, 0.1) is 6.07 Å². The highest BCUT2D eigenvalue weighted by atomic mass is 16.2. The number of H-pyrrole nitrogens is 1. The number of aromatic nitrogens is 1. The van der Waals surface area contributed by atoms with E-state index in [1.807, 2.05) is 30.3 Å². The quantitative estimate of drug-likeness (QED) is 0.690. The number of aromatic amines is 1. The fraction of sp³-hybridized carbons (Fsp3) is 0.353. The first-order chi connectivity index (χ1) is 10.1. The van der Waals surface area contributed by atoms with Gasteiger partial charge in [0.2, 0.25) is 0 Å². The summed E-state index contributed by atoms with van der Waals surface area (Å²) in [6.45, 7) is 1.80. The van der Waals surface area contributed by atoms with E-state index in [4.69, 9.17) is 0 Å². The first-order valence-electron chi connectivity index (χ1n) is 7.18. The minimum Gasteiger partial charge on any atom is -0.358 e. The molecule has 1 fully saturated rings. The average molecular weight is 280 g/mol. The van der Waals surface area contributed by atoms with Crippen LogP contribution in [0.15, 0.2) is 24.3 Å². The van der Waals surface area contributed by atoms with Crippen LogP contribution in [-0.4, -0.2) is 16.6 Å². The Morgan fingerprint density at radius 3 is 2.67 bits per heavy atom. The molecule has 0 saturated heterocycles. The smallest absolute Gasteiger partial charge is 0.189 e. The van der Waals surface area contributed by atoms with Crippen LogP contribution in [0.2, 0.25) is 0 Å². The van der Waals surface area contributed by atoms with Gasteiger partial charge in [-0.2, -0.15) is 5.26 Å². The maximum Gasteiger partial charge on any atom is 0.189 e. The lowest BCUT2D eigenvalue weighted by Gasteiger charge is -2.25. The number of nitriles is 1. The Kier molecular flexibility index (Phi) is 3.34.